The number of hydrazine groups is 1. The van der Waals surface area contributed by atoms with E-state index < -0.39 is 11.7 Å². The van der Waals surface area contributed by atoms with Crippen LogP contribution in [0.5, 0.6) is 5.75 Å². The Labute approximate surface area is 105 Å². The topological polar surface area (TPSA) is 76.4 Å². The Balaban J connectivity index is 2.64. The van der Waals surface area contributed by atoms with Crippen molar-refractivity contribution in [1.82, 2.24) is 10.7 Å². The van der Waals surface area contributed by atoms with Crippen LogP contribution in [0, 0.1) is 5.82 Å². The van der Waals surface area contributed by atoms with Gasteiger partial charge in [-0.15, -0.1) is 0 Å². The van der Waals surface area contributed by atoms with Crippen LogP contribution >= 0.6 is 0 Å². The normalized spacial score (nSPS) is 12.0. The predicted molar refractivity (Wildman–Crippen MR) is 66.5 cm³/mol. The molecule has 6 heteroatoms. The van der Waals surface area contributed by atoms with Gasteiger partial charge in [-0.3, -0.25) is 10.2 Å². The van der Waals surface area contributed by atoms with Crippen LogP contribution in [0.15, 0.2) is 18.2 Å². The van der Waals surface area contributed by atoms with Crippen LogP contribution in [0.4, 0.5) is 4.39 Å². The molecule has 0 saturated heterocycles. The van der Waals surface area contributed by atoms with Gasteiger partial charge in [-0.1, -0.05) is 6.07 Å². The Morgan fingerprint density at radius 3 is 2.83 bits per heavy atom. The maximum atomic E-state index is 13.6. The third-order valence-electron chi connectivity index (χ3n) is 2.53. The predicted octanol–water partition coefficient (Wildman–Crippen LogP) is 0.345. The van der Waals surface area contributed by atoms with Gasteiger partial charge in [0.25, 0.3) is 0 Å². The minimum atomic E-state index is -0.479. The molecule has 0 aliphatic heterocycles. The largest absolute Gasteiger partial charge is 0.492 e. The number of halogens is 1. The zero-order valence-electron chi connectivity index (χ0n) is 10.5. The second-order valence-corrected chi connectivity index (χ2v) is 4.00. The fourth-order valence-corrected chi connectivity index (χ4v) is 1.29. The summed E-state index contributed by atoms with van der Waals surface area (Å²) in [5.74, 6) is 4.46. The van der Waals surface area contributed by atoms with Gasteiger partial charge in [0.1, 0.15) is 18.2 Å². The number of carbonyl (C=O) groups is 1. The van der Waals surface area contributed by atoms with Crippen molar-refractivity contribution in [3.05, 3.63) is 29.6 Å². The SMILES string of the molecule is CN[C@H](C)COc1ccc(CC(=O)NN)c(F)c1. The molecule has 1 atom stereocenters. The van der Waals surface area contributed by atoms with Crippen LogP contribution in [-0.2, 0) is 11.2 Å². The van der Waals surface area contributed by atoms with Crippen molar-refractivity contribution in [1.29, 1.82) is 0 Å². The number of nitrogens with two attached hydrogens (primary N) is 1. The van der Waals surface area contributed by atoms with Crippen LogP contribution in [0.25, 0.3) is 0 Å². The summed E-state index contributed by atoms with van der Waals surface area (Å²) in [6, 6.07) is 4.59. The van der Waals surface area contributed by atoms with Crippen LogP contribution in [0.1, 0.15) is 12.5 Å². The van der Waals surface area contributed by atoms with E-state index in [1.807, 2.05) is 19.4 Å². The third kappa shape index (κ3) is 4.31. The van der Waals surface area contributed by atoms with Gasteiger partial charge in [-0.25, -0.2) is 10.2 Å². The lowest BCUT2D eigenvalue weighted by molar-refractivity contribution is -0.120. The summed E-state index contributed by atoms with van der Waals surface area (Å²) in [6.07, 6.45) is -0.0878. The minimum Gasteiger partial charge on any atom is -0.492 e. The summed E-state index contributed by atoms with van der Waals surface area (Å²) in [6.45, 7) is 2.40. The molecule has 1 amide bonds. The van der Waals surface area contributed by atoms with E-state index in [1.54, 1.807) is 6.07 Å². The number of benzene rings is 1. The van der Waals surface area contributed by atoms with E-state index in [-0.39, 0.29) is 18.0 Å². The van der Waals surface area contributed by atoms with E-state index in [4.69, 9.17) is 10.6 Å². The highest BCUT2D eigenvalue weighted by atomic mass is 19.1. The van der Waals surface area contributed by atoms with Crippen molar-refractivity contribution in [2.75, 3.05) is 13.7 Å². The Kier molecular flexibility index (Phi) is 5.54. The molecule has 0 heterocycles. The minimum absolute atomic E-state index is 0.0878. The average Bonchev–Trinajstić information content (AvgIpc) is 2.38. The summed E-state index contributed by atoms with van der Waals surface area (Å²) in [4.78, 5) is 11.0. The first-order valence-electron chi connectivity index (χ1n) is 5.64. The van der Waals surface area contributed by atoms with Gasteiger partial charge >= 0.3 is 0 Å². The number of hydrogen-bond acceptors (Lipinski definition) is 4. The molecule has 0 aliphatic rings. The Morgan fingerprint density at radius 1 is 1.56 bits per heavy atom. The summed E-state index contributed by atoms with van der Waals surface area (Å²) < 4.78 is 19.0. The number of nitrogens with one attached hydrogen (secondary N) is 2. The van der Waals surface area contributed by atoms with Gasteiger partial charge in [0.2, 0.25) is 5.91 Å². The van der Waals surface area contributed by atoms with Crippen molar-refractivity contribution < 1.29 is 13.9 Å². The van der Waals surface area contributed by atoms with Gasteiger partial charge in [0, 0.05) is 12.1 Å². The Morgan fingerprint density at radius 2 is 2.28 bits per heavy atom. The fraction of sp³-hybridized carbons (Fsp3) is 0.417. The van der Waals surface area contributed by atoms with E-state index in [9.17, 15) is 9.18 Å². The first-order chi connectivity index (χ1) is 8.56. The van der Waals surface area contributed by atoms with Crippen molar-refractivity contribution in [2.24, 2.45) is 5.84 Å². The second kappa shape index (κ2) is 6.93. The molecule has 0 bridgehead atoms. The van der Waals surface area contributed by atoms with Gasteiger partial charge in [-0.05, 0) is 25.6 Å². The highest BCUT2D eigenvalue weighted by Gasteiger charge is 2.09. The summed E-state index contributed by atoms with van der Waals surface area (Å²) in [5, 5.41) is 3.01. The molecule has 0 aliphatic carbocycles. The van der Waals surface area contributed by atoms with Gasteiger partial charge in [0.15, 0.2) is 0 Å². The van der Waals surface area contributed by atoms with E-state index in [1.165, 1.54) is 12.1 Å². The Bertz CT molecular complexity index is 412. The number of rotatable bonds is 6. The molecular formula is C12H18FN3O2. The van der Waals surface area contributed by atoms with E-state index >= 15 is 0 Å². The fourth-order valence-electron chi connectivity index (χ4n) is 1.29. The first kappa shape index (κ1) is 14.4. The quantitative estimate of drug-likeness (QED) is 0.389. The lowest BCUT2D eigenvalue weighted by atomic mass is 10.1. The van der Waals surface area contributed by atoms with Crippen molar-refractivity contribution in [2.45, 2.75) is 19.4 Å². The number of likely N-dealkylation sites (N-methyl/N-ethyl adjacent to an activating group) is 1. The molecule has 1 aromatic rings. The van der Waals surface area contributed by atoms with Gasteiger partial charge < -0.3 is 10.1 Å². The number of hydrogen-bond donors (Lipinski definition) is 3. The molecular weight excluding hydrogens is 237 g/mol. The monoisotopic (exact) mass is 255 g/mol. The van der Waals surface area contributed by atoms with Crippen molar-refractivity contribution in [3.8, 4) is 5.75 Å². The van der Waals surface area contributed by atoms with E-state index in [2.05, 4.69) is 5.32 Å². The molecule has 0 unspecified atom stereocenters. The maximum Gasteiger partial charge on any atom is 0.238 e. The van der Waals surface area contributed by atoms with Crippen LogP contribution in [0.3, 0.4) is 0 Å². The molecule has 18 heavy (non-hydrogen) atoms. The number of carbonyl (C=O) groups excluding carboxylic acids is 1. The third-order valence-corrected chi connectivity index (χ3v) is 2.53. The van der Waals surface area contributed by atoms with Gasteiger partial charge in [-0.2, -0.15) is 0 Å². The maximum absolute atomic E-state index is 13.6. The molecule has 1 aromatic carbocycles. The molecule has 0 saturated carbocycles. The van der Waals surface area contributed by atoms with E-state index in [0.717, 1.165) is 0 Å². The lowest BCUT2D eigenvalue weighted by Gasteiger charge is -2.12. The van der Waals surface area contributed by atoms with Crippen LogP contribution in [-0.4, -0.2) is 25.6 Å². The van der Waals surface area contributed by atoms with E-state index in [0.29, 0.717) is 12.4 Å². The molecule has 4 N–H and O–H groups in total. The standard InChI is InChI=1S/C12H18FN3O2/c1-8(15-2)7-18-10-4-3-9(11(13)6-10)5-12(17)16-14/h3-4,6,8,15H,5,7,14H2,1-2H3,(H,16,17)/t8-/m1/s1. The zero-order valence-corrected chi connectivity index (χ0v) is 10.5. The second-order valence-electron chi connectivity index (χ2n) is 4.00. The Hall–Kier alpha value is -1.66. The molecule has 100 valence electrons. The highest BCUT2D eigenvalue weighted by molar-refractivity contribution is 5.77. The van der Waals surface area contributed by atoms with Crippen molar-refractivity contribution >= 4 is 5.91 Å². The number of amides is 1. The summed E-state index contributed by atoms with van der Waals surface area (Å²) >= 11 is 0. The van der Waals surface area contributed by atoms with Crippen molar-refractivity contribution in [3.63, 3.8) is 0 Å². The molecule has 0 aromatic heterocycles. The smallest absolute Gasteiger partial charge is 0.238 e. The average molecular weight is 255 g/mol. The lowest BCUT2D eigenvalue weighted by Crippen LogP contribution is -2.31. The molecule has 0 radical (unpaired) electrons. The van der Waals surface area contributed by atoms with Crippen LogP contribution in [0.2, 0.25) is 0 Å². The van der Waals surface area contributed by atoms with Crippen LogP contribution < -0.4 is 21.3 Å². The summed E-state index contributed by atoms with van der Waals surface area (Å²) in [7, 11) is 1.82. The molecule has 0 fully saturated rings. The molecule has 1 rings (SSSR count). The zero-order chi connectivity index (χ0) is 13.5. The first-order valence-corrected chi connectivity index (χ1v) is 5.64. The highest BCUT2D eigenvalue weighted by Crippen LogP contribution is 2.17. The van der Waals surface area contributed by atoms with Gasteiger partial charge in [0.05, 0.1) is 6.42 Å². The molecule has 5 nitrogen and oxygen atoms in total. The molecule has 0 spiro atoms. The summed E-state index contributed by atoms with van der Waals surface area (Å²) in [5.41, 5.74) is 2.24. The number of ether oxygens (including phenoxy) is 1.